The lowest BCUT2D eigenvalue weighted by Gasteiger charge is -2.19. The first-order valence-corrected chi connectivity index (χ1v) is 8.29. The van der Waals surface area contributed by atoms with Crippen LogP contribution in [0.25, 0.3) is 0 Å². The standard InChI is InChI=1S/C20H22N2O2/c1-4-15-8-10-16(11-9-15)21-17-12-19(23)22(20(17)24)18-7-5-6-13(2)14(18)3/h5-11,17,21H,4,12H2,1-3H3/t17-/m1/s1. The molecule has 0 bridgehead atoms. The number of rotatable bonds is 4. The fourth-order valence-electron chi connectivity index (χ4n) is 3.01. The highest BCUT2D eigenvalue weighted by molar-refractivity contribution is 6.23. The summed E-state index contributed by atoms with van der Waals surface area (Å²) in [5, 5.41) is 3.19. The maximum absolute atomic E-state index is 12.7. The van der Waals surface area contributed by atoms with Crippen LogP contribution in [0.1, 0.15) is 30.0 Å². The monoisotopic (exact) mass is 322 g/mol. The average Bonchev–Trinajstić information content (AvgIpc) is 2.85. The molecule has 0 aliphatic carbocycles. The molecule has 124 valence electrons. The molecule has 0 spiro atoms. The highest BCUT2D eigenvalue weighted by Gasteiger charge is 2.40. The van der Waals surface area contributed by atoms with Crippen LogP contribution in [0.3, 0.4) is 0 Å². The second-order valence-corrected chi connectivity index (χ2v) is 6.24. The Labute approximate surface area is 142 Å². The van der Waals surface area contributed by atoms with Crippen molar-refractivity contribution in [1.82, 2.24) is 0 Å². The number of carbonyl (C=O) groups excluding carboxylic acids is 2. The molecule has 1 aliphatic rings. The number of anilines is 2. The Balaban J connectivity index is 1.82. The predicted molar refractivity (Wildman–Crippen MR) is 96.3 cm³/mol. The highest BCUT2D eigenvalue weighted by Crippen LogP contribution is 2.29. The number of nitrogens with zero attached hydrogens (tertiary/aromatic N) is 1. The van der Waals surface area contributed by atoms with Crippen LogP contribution in [-0.4, -0.2) is 17.9 Å². The van der Waals surface area contributed by atoms with Gasteiger partial charge in [0.15, 0.2) is 0 Å². The molecule has 1 saturated heterocycles. The number of hydrogen-bond acceptors (Lipinski definition) is 3. The molecule has 1 N–H and O–H groups in total. The molecule has 0 saturated carbocycles. The molecule has 1 atom stereocenters. The molecule has 0 unspecified atom stereocenters. The van der Waals surface area contributed by atoms with Gasteiger partial charge in [-0.2, -0.15) is 0 Å². The van der Waals surface area contributed by atoms with Crippen LogP contribution in [0, 0.1) is 13.8 Å². The number of carbonyl (C=O) groups is 2. The van der Waals surface area contributed by atoms with Gasteiger partial charge in [-0.3, -0.25) is 9.59 Å². The Morgan fingerprint density at radius 1 is 1.08 bits per heavy atom. The van der Waals surface area contributed by atoms with E-state index in [2.05, 4.69) is 12.2 Å². The van der Waals surface area contributed by atoms with Crippen molar-refractivity contribution in [2.24, 2.45) is 0 Å². The minimum atomic E-state index is -0.509. The van der Waals surface area contributed by atoms with E-state index in [0.29, 0.717) is 5.69 Å². The lowest BCUT2D eigenvalue weighted by molar-refractivity contribution is -0.121. The van der Waals surface area contributed by atoms with Crippen molar-refractivity contribution in [3.8, 4) is 0 Å². The number of nitrogens with one attached hydrogen (secondary N) is 1. The summed E-state index contributed by atoms with van der Waals surface area (Å²) >= 11 is 0. The SMILES string of the molecule is CCc1ccc(N[C@@H]2CC(=O)N(c3cccc(C)c3C)C2=O)cc1. The zero-order valence-corrected chi connectivity index (χ0v) is 14.3. The Bertz CT molecular complexity index is 781. The summed E-state index contributed by atoms with van der Waals surface area (Å²) in [6.45, 7) is 6.02. The molecule has 1 heterocycles. The number of amides is 2. The van der Waals surface area contributed by atoms with Gasteiger partial charge in [0, 0.05) is 5.69 Å². The minimum Gasteiger partial charge on any atom is -0.373 e. The molecule has 1 aliphatic heterocycles. The minimum absolute atomic E-state index is 0.156. The van der Waals surface area contributed by atoms with Crippen molar-refractivity contribution in [1.29, 1.82) is 0 Å². The van der Waals surface area contributed by atoms with Crippen LogP contribution in [-0.2, 0) is 16.0 Å². The van der Waals surface area contributed by atoms with E-state index >= 15 is 0 Å². The average molecular weight is 322 g/mol. The third-order valence-electron chi connectivity index (χ3n) is 4.67. The van der Waals surface area contributed by atoms with Crippen molar-refractivity contribution in [3.63, 3.8) is 0 Å². The van der Waals surface area contributed by atoms with E-state index in [9.17, 15) is 9.59 Å². The quantitative estimate of drug-likeness (QED) is 0.875. The smallest absolute Gasteiger partial charge is 0.256 e. The third kappa shape index (κ3) is 2.92. The Morgan fingerprint density at radius 3 is 2.46 bits per heavy atom. The molecule has 2 aromatic rings. The zero-order chi connectivity index (χ0) is 17.3. The summed E-state index contributed by atoms with van der Waals surface area (Å²) in [6.07, 6.45) is 1.16. The lowest BCUT2D eigenvalue weighted by Crippen LogP contribution is -2.35. The van der Waals surface area contributed by atoms with Gasteiger partial charge in [-0.15, -0.1) is 0 Å². The largest absolute Gasteiger partial charge is 0.373 e. The van der Waals surface area contributed by atoms with Crippen molar-refractivity contribution in [2.45, 2.75) is 39.7 Å². The van der Waals surface area contributed by atoms with Crippen LogP contribution < -0.4 is 10.2 Å². The molecule has 4 heteroatoms. The third-order valence-corrected chi connectivity index (χ3v) is 4.67. The topological polar surface area (TPSA) is 49.4 Å². The maximum atomic E-state index is 12.7. The fourth-order valence-corrected chi connectivity index (χ4v) is 3.01. The van der Waals surface area contributed by atoms with Gasteiger partial charge in [0.1, 0.15) is 6.04 Å². The van der Waals surface area contributed by atoms with Gasteiger partial charge < -0.3 is 5.32 Å². The molecule has 0 radical (unpaired) electrons. The van der Waals surface area contributed by atoms with E-state index in [1.165, 1.54) is 10.5 Å². The number of hydrogen-bond donors (Lipinski definition) is 1. The molecule has 1 fully saturated rings. The van der Waals surface area contributed by atoms with Crippen molar-refractivity contribution >= 4 is 23.2 Å². The molecular weight excluding hydrogens is 300 g/mol. The fraction of sp³-hybridized carbons (Fsp3) is 0.300. The summed E-state index contributed by atoms with van der Waals surface area (Å²) < 4.78 is 0. The van der Waals surface area contributed by atoms with Crippen LogP contribution >= 0.6 is 0 Å². The van der Waals surface area contributed by atoms with E-state index in [-0.39, 0.29) is 18.2 Å². The van der Waals surface area contributed by atoms with E-state index in [1.54, 1.807) is 0 Å². The highest BCUT2D eigenvalue weighted by atomic mass is 16.2. The van der Waals surface area contributed by atoms with Crippen molar-refractivity contribution in [3.05, 3.63) is 59.2 Å². The predicted octanol–water partition coefficient (Wildman–Crippen LogP) is 3.61. The van der Waals surface area contributed by atoms with Gasteiger partial charge >= 0.3 is 0 Å². The van der Waals surface area contributed by atoms with E-state index in [0.717, 1.165) is 23.2 Å². The number of benzene rings is 2. The number of imide groups is 1. The Morgan fingerprint density at radius 2 is 1.79 bits per heavy atom. The van der Waals surface area contributed by atoms with Crippen LogP contribution in [0.15, 0.2) is 42.5 Å². The summed E-state index contributed by atoms with van der Waals surface area (Å²) in [7, 11) is 0. The van der Waals surface area contributed by atoms with Gasteiger partial charge in [0.05, 0.1) is 12.1 Å². The second kappa shape index (κ2) is 6.48. The molecule has 4 nitrogen and oxygen atoms in total. The van der Waals surface area contributed by atoms with Crippen molar-refractivity contribution in [2.75, 3.05) is 10.2 Å². The molecule has 3 rings (SSSR count). The zero-order valence-electron chi connectivity index (χ0n) is 14.3. The summed E-state index contributed by atoms with van der Waals surface area (Å²) in [5.74, 6) is -0.343. The van der Waals surface area contributed by atoms with Gasteiger partial charge in [-0.1, -0.05) is 31.2 Å². The second-order valence-electron chi connectivity index (χ2n) is 6.24. The maximum Gasteiger partial charge on any atom is 0.256 e. The van der Waals surface area contributed by atoms with E-state index < -0.39 is 6.04 Å². The summed E-state index contributed by atoms with van der Waals surface area (Å²) in [5.41, 5.74) is 4.83. The lowest BCUT2D eigenvalue weighted by atomic mass is 10.1. The molecule has 0 aromatic heterocycles. The number of aryl methyl sites for hydroxylation is 2. The molecular formula is C20H22N2O2. The van der Waals surface area contributed by atoms with Gasteiger partial charge in [0.25, 0.3) is 5.91 Å². The summed E-state index contributed by atoms with van der Waals surface area (Å²) in [4.78, 5) is 26.5. The van der Waals surface area contributed by atoms with E-state index in [1.807, 2.05) is 56.3 Å². The molecule has 2 aromatic carbocycles. The van der Waals surface area contributed by atoms with Gasteiger partial charge in [0.2, 0.25) is 5.91 Å². The normalized spacial score (nSPS) is 17.5. The van der Waals surface area contributed by atoms with Crippen LogP contribution in [0.5, 0.6) is 0 Å². The van der Waals surface area contributed by atoms with Gasteiger partial charge in [-0.05, 0) is 55.2 Å². The molecule has 24 heavy (non-hydrogen) atoms. The van der Waals surface area contributed by atoms with Crippen molar-refractivity contribution < 1.29 is 9.59 Å². The Hall–Kier alpha value is -2.62. The Kier molecular flexibility index (Phi) is 4.38. The molecule has 2 amide bonds. The summed E-state index contributed by atoms with van der Waals surface area (Å²) in [6, 6.07) is 13.2. The van der Waals surface area contributed by atoms with Crippen LogP contribution in [0.4, 0.5) is 11.4 Å². The van der Waals surface area contributed by atoms with Crippen LogP contribution in [0.2, 0.25) is 0 Å². The first kappa shape index (κ1) is 16.2. The van der Waals surface area contributed by atoms with E-state index in [4.69, 9.17) is 0 Å². The first-order valence-electron chi connectivity index (χ1n) is 8.29. The first-order chi connectivity index (χ1) is 11.5. The van der Waals surface area contributed by atoms with Gasteiger partial charge in [-0.25, -0.2) is 4.90 Å².